The highest BCUT2D eigenvalue weighted by Crippen LogP contribution is 1.91. The Bertz CT molecular complexity index is 256. The maximum absolute atomic E-state index is 5.50. The van der Waals surface area contributed by atoms with Crippen molar-refractivity contribution in [3.05, 3.63) is 30.9 Å². The molecule has 1 aromatic heterocycles. The van der Waals surface area contributed by atoms with E-state index in [1.54, 1.807) is 6.20 Å². The van der Waals surface area contributed by atoms with Gasteiger partial charge in [-0.05, 0) is 6.92 Å². The molecule has 14 heavy (non-hydrogen) atoms. The number of alkyl halides is 1. The molecule has 0 fully saturated rings. The van der Waals surface area contributed by atoms with Crippen LogP contribution in [-0.4, -0.2) is 28.0 Å². The Kier molecular flexibility index (Phi) is 5.33. The molecule has 1 heterocycles. The SMILES string of the molecule is CC(Cn1ccnc1)NC/C=C/CCl. The monoisotopic (exact) mass is 213 g/mol. The molecule has 0 spiro atoms. The zero-order valence-corrected chi connectivity index (χ0v) is 9.11. The first-order valence-electron chi connectivity index (χ1n) is 4.73. The van der Waals surface area contributed by atoms with E-state index in [1.165, 1.54) is 0 Å². The van der Waals surface area contributed by atoms with Crippen molar-refractivity contribution < 1.29 is 0 Å². The van der Waals surface area contributed by atoms with Gasteiger partial charge in [-0.25, -0.2) is 4.98 Å². The predicted octanol–water partition coefficient (Wildman–Crippen LogP) is 1.66. The van der Waals surface area contributed by atoms with Crippen molar-refractivity contribution >= 4 is 11.6 Å². The number of imidazole rings is 1. The number of hydrogen-bond acceptors (Lipinski definition) is 2. The molecule has 0 saturated carbocycles. The van der Waals surface area contributed by atoms with Gasteiger partial charge in [-0.3, -0.25) is 0 Å². The number of halogens is 1. The fourth-order valence-corrected chi connectivity index (χ4v) is 1.32. The molecule has 0 aliphatic heterocycles. The standard InChI is InChI=1S/C10H16ClN3/c1-10(13-5-3-2-4-11)8-14-7-6-12-9-14/h2-3,6-7,9-10,13H,4-5,8H2,1H3/b3-2+. The summed E-state index contributed by atoms with van der Waals surface area (Å²) in [4.78, 5) is 3.99. The van der Waals surface area contributed by atoms with E-state index in [4.69, 9.17) is 11.6 Å². The van der Waals surface area contributed by atoms with Crippen LogP contribution in [0, 0.1) is 0 Å². The minimum Gasteiger partial charge on any atom is -0.336 e. The third-order valence-corrected chi connectivity index (χ3v) is 2.06. The van der Waals surface area contributed by atoms with E-state index < -0.39 is 0 Å². The van der Waals surface area contributed by atoms with E-state index in [9.17, 15) is 0 Å². The van der Waals surface area contributed by atoms with Crippen molar-refractivity contribution in [2.75, 3.05) is 12.4 Å². The molecule has 4 heteroatoms. The molecular weight excluding hydrogens is 198 g/mol. The fourth-order valence-electron chi connectivity index (χ4n) is 1.19. The van der Waals surface area contributed by atoms with Gasteiger partial charge in [0.05, 0.1) is 6.33 Å². The Labute approximate surface area is 89.8 Å². The summed E-state index contributed by atoms with van der Waals surface area (Å²) in [5, 5.41) is 3.36. The van der Waals surface area contributed by atoms with Crippen LogP contribution in [0.15, 0.2) is 30.9 Å². The van der Waals surface area contributed by atoms with Crippen LogP contribution in [0.3, 0.4) is 0 Å². The lowest BCUT2D eigenvalue weighted by atomic mass is 10.3. The van der Waals surface area contributed by atoms with Crippen LogP contribution in [0.4, 0.5) is 0 Å². The Hall–Kier alpha value is -0.800. The zero-order valence-electron chi connectivity index (χ0n) is 8.36. The summed E-state index contributed by atoms with van der Waals surface area (Å²) in [7, 11) is 0. The summed E-state index contributed by atoms with van der Waals surface area (Å²) < 4.78 is 2.06. The molecule has 78 valence electrons. The van der Waals surface area contributed by atoms with E-state index in [-0.39, 0.29) is 0 Å². The third-order valence-electron chi connectivity index (χ3n) is 1.88. The van der Waals surface area contributed by atoms with Gasteiger partial charge >= 0.3 is 0 Å². The van der Waals surface area contributed by atoms with Crippen molar-refractivity contribution in [3.63, 3.8) is 0 Å². The van der Waals surface area contributed by atoms with Gasteiger partial charge in [0.2, 0.25) is 0 Å². The summed E-state index contributed by atoms with van der Waals surface area (Å²) >= 11 is 5.50. The lowest BCUT2D eigenvalue weighted by molar-refractivity contribution is 0.498. The highest BCUT2D eigenvalue weighted by molar-refractivity contribution is 6.18. The van der Waals surface area contributed by atoms with Gasteiger partial charge in [-0.15, -0.1) is 11.6 Å². The highest BCUT2D eigenvalue weighted by atomic mass is 35.5. The molecule has 0 radical (unpaired) electrons. The molecule has 1 rings (SSSR count). The second-order valence-corrected chi connectivity index (χ2v) is 3.50. The minimum absolute atomic E-state index is 0.434. The molecule has 1 atom stereocenters. The van der Waals surface area contributed by atoms with E-state index >= 15 is 0 Å². The molecule has 0 saturated heterocycles. The van der Waals surface area contributed by atoms with Gasteiger partial charge < -0.3 is 9.88 Å². The summed E-state index contributed by atoms with van der Waals surface area (Å²) in [5.74, 6) is 0.581. The molecule has 0 aliphatic rings. The van der Waals surface area contributed by atoms with E-state index in [0.29, 0.717) is 11.9 Å². The molecule has 0 amide bonds. The van der Waals surface area contributed by atoms with Crippen LogP contribution in [0.25, 0.3) is 0 Å². The van der Waals surface area contributed by atoms with Gasteiger partial charge in [0.1, 0.15) is 0 Å². The number of allylic oxidation sites excluding steroid dienone is 1. The summed E-state index contributed by atoms with van der Waals surface area (Å²) in [6.07, 6.45) is 9.57. The van der Waals surface area contributed by atoms with Crippen molar-refractivity contribution in [1.82, 2.24) is 14.9 Å². The summed E-state index contributed by atoms with van der Waals surface area (Å²) in [6.45, 7) is 3.95. The Balaban J connectivity index is 2.16. The quantitative estimate of drug-likeness (QED) is 0.576. The van der Waals surface area contributed by atoms with Crippen LogP contribution >= 0.6 is 11.6 Å². The Morgan fingerprint density at radius 1 is 1.57 bits per heavy atom. The predicted molar refractivity (Wildman–Crippen MR) is 59.6 cm³/mol. The maximum atomic E-state index is 5.50. The summed E-state index contributed by atoms with van der Waals surface area (Å²) in [5.41, 5.74) is 0. The van der Waals surface area contributed by atoms with Gasteiger partial charge in [0, 0.05) is 37.4 Å². The first kappa shape index (κ1) is 11.3. The van der Waals surface area contributed by atoms with E-state index in [0.717, 1.165) is 13.1 Å². The normalized spacial score (nSPS) is 13.6. The zero-order chi connectivity index (χ0) is 10.2. The van der Waals surface area contributed by atoms with Crippen molar-refractivity contribution in [2.45, 2.75) is 19.5 Å². The average molecular weight is 214 g/mol. The van der Waals surface area contributed by atoms with Crippen molar-refractivity contribution in [3.8, 4) is 0 Å². The lowest BCUT2D eigenvalue weighted by Gasteiger charge is -2.12. The number of aromatic nitrogens is 2. The molecule has 1 aromatic rings. The van der Waals surface area contributed by atoms with Gasteiger partial charge in [0.15, 0.2) is 0 Å². The van der Waals surface area contributed by atoms with Crippen LogP contribution < -0.4 is 5.32 Å². The smallest absolute Gasteiger partial charge is 0.0946 e. The largest absolute Gasteiger partial charge is 0.336 e. The minimum atomic E-state index is 0.434. The second-order valence-electron chi connectivity index (χ2n) is 3.19. The third kappa shape index (κ3) is 4.44. The van der Waals surface area contributed by atoms with Crippen LogP contribution in [-0.2, 0) is 6.54 Å². The molecule has 1 N–H and O–H groups in total. The molecule has 3 nitrogen and oxygen atoms in total. The summed E-state index contributed by atoms with van der Waals surface area (Å²) in [6, 6.07) is 0.434. The lowest BCUT2D eigenvalue weighted by Crippen LogP contribution is -2.30. The van der Waals surface area contributed by atoms with E-state index in [1.807, 2.05) is 24.7 Å². The topological polar surface area (TPSA) is 29.9 Å². The number of nitrogens with one attached hydrogen (secondary N) is 1. The van der Waals surface area contributed by atoms with Crippen molar-refractivity contribution in [1.29, 1.82) is 0 Å². The maximum Gasteiger partial charge on any atom is 0.0946 e. The first-order chi connectivity index (χ1) is 6.83. The van der Waals surface area contributed by atoms with Crippen LogP contribution in [0.5, 0.6) is 0 Å². The average Bonchev–Trinajstić information content (AvgIpc) is 2.65. The van der Waals surface area contributed by atoms with E-state index in [2.05, 4.69) is 21.8 Å². The van der Waals surface area contributed by atoms with Crippen molar-refractivity contribution in [2.24, 2.45) is 0 Å². The second kappa shape index (κ2) is 6.62. The number of rotatable bonds is 6. The molecule has 1 unspecified atom stereocenters. The van der Waals surface area contributed by atoms with Gasteiger partial charge in [0.25, 0.3) is 0 Å². The molecular formula is C10H16ClN3. The molecule has 0 aliphatic carbocycles. The number of hydrogen-bond donors (Lipinski definition) is 1. The van der Waals surface area contributed by atoms with Gasteiger partial charge in [-0.1, -0.05) is 12.2 Å². The van der Waals surface area contributed by atoms with Crippen LogP contribution in [0.2, 0.25) is 0 Å². The molecule has 0 aromatic carbocycles. The number of nitrogens with zero attached hydrogens (tertiary/aromatic N) is 2. The van der Waals surface area contributed by atoms with Crippen LogP contribution in [0.1, 0.15) is 6.92 Å². The Morgan fingerprint density at radius 3 is 3.07 bits per heavy atom. The Morgan fingerprint density at radius 2 is 2.43 bits per heavy atom. The fraction of sp³-hybridized carbons (Fsp3) is 0.500. The van der Waals surface area contributed by atoms with Gasteiger partial charge in [-0.2, -0.15) is 0 Å². The molecule has 0 bridgehead atoms. The first-order valence-corrected chi connectivity index (χ1v) is 5.26. The highest BCUT2D eigenvalue weighted by Gasteiger charge is 1.99.